The number of pyridine rings is 1. The van der Waals surface area contributed by atoms with E-state index in [1.54, 1.807) is 0 Å². The van der Waals surface area contributed by atoms with E-state index in [0.717, 1.165) is 73.9 Å². The summed E-state index contributed by atoms with van der Waals surface area (Å²) in [5.41, 5.74) is 7.37. The average Bonchev–Trinajstić information content (AvgIpc) is 3.53. The number of carbonyl (C=O) groups excluding carboxylic acids is 1. The van der Waals surface area contributed by atoms with Gasteiger partial charge >= 0.3 is 0 Å². The first-order valence-electron chi connectivity index (χ1n) is 11.4. The van der Waals surface area contributed by atoms with E-state index >= 15 is 0 Å². The minimum absolute atomic E-state index is 0.103. The Morgan fingerprint density at radius 1 is 1.12 bits per heavy atom. The van der Waals surface area contributed by atoms with E-state index in [9.17, 15) is 4.79 Å². The molecule has 4 heterocycles. The van der Waals surface area contributed by atoms with Crippen LogP contribution in [0, 0.1) is 6.92 Å². The van der Waals surface area contributed by atoms with Crippen LogP contribution >= 0.6 is 0 Å². The number of ether oxygens (including phenoxy) is 1. The Morgan fingerprint density at radius 2 is 1.94 bits per heavy atom. The van der Waals surface area contributed by atoms with Gasteiger partial charge in [0.05, 0.1) is 24.4 Å². The Balaban J connectivity index is 1.49. The van der Waals surface area contributed by atoms with Crippen LogP contribution in [0.15, 0.2) is 48.8 Å². The lowest BCUT2D eigenvalue weighted by Gasteiger charge is -2.27. The molecular formula is C26H28N4O2. The van der Waals surface area contributed by atoms with Gasteiger partial charge in [-0.25, -0.2) is 0 Å². The predicted octanol–water partition coefficient (Wildman–Crippen LogP) is 3.75. The zero-order valence-electron chi connectivity index (χ0n) is 18.7. The Kier molecular flexibility index (Phi) is 4.49. The molecule has 2 fully saturated rings. The third-order valence-corrected chi connectivity index (χ3v) is 7.35. The molecule has 1 amide bonds. The van der Waals surface area contributed by atoms with E-state index in [1.165, 1.54) is 11.1 Å². The van der Waals surface area contributed by atoms with Crippen molar-refractivity contribution in [1.82, 2.24) is 19.4 Å². The maximum atomic E-state index is 13.5. The van der Waals surface area contributed by atoms with Crippen LogP contribution in [-0.4, -0.2) is 58.6 Å². The molecule has 0 radical (unpaired) electrons. The quantitative estimate of drug-likeness (QED) is 0.638. The molecule has 164 valence electrons. The summed E-state index contributed by atoms with van der Waals surface area (Å²) >= 11 is 0. The summed E-state index contributed by atoms with van der Waals surface area (Å²) in [5, 5.41) is 0. The van der Waals surface area contributed by atoms with Crippen LogP contribution < -0.4 is 0 Å². The monoisotopic (exact) mass is 428 g/mol. The first-order valence-corrected chi connectivity index (χ1v) is 11.4. The second kappa shape index (κ2) is 7.29. The fourth-order valence-corrected chi connectivity index (χ4v) is 5.34. The van der Waals surface area contributed by atoms with Gasteiger partial charge in [0.2, 0.25) is 0 Å². The number of hydrogen-bond acceptors (Lipinski definition) is 4. The molecular weight excluding hydrogens is 400 g/mol. The van der Waals surface area contributed by atoms with E-state index in [2.05, 4.69) is 51.0 Å². The number of morpholine rings is 1. The SMILES string of the molecule is Cc1ncccc1-c1ccc2c(c1)-n1cc(CN3CCOCC3)cc1C(=O)N(C)C21CC1. The first kappa shape index (κ1) is 19.7. The maximum Gasteiger partial charge on any atom is 0.271 e. The van der Waals surface area contributed by atoms with Crippen molar-refractivity contribution < 1.29 is 9.53 Å². The maximum absolute atomic E-state index is 13.5. The molecule has 0 bridgehead atoms. The lowest BCUT2D eigenvalue weighted by atomic mass is 9.96. The van der Waals surface area contributed by atoms with E-state index in [4.69, 9.17) is 4.74 Å². The fourth-order valence-electron chi connectivity index (χ4n) is 5.34. The van der Waals surface area contributed by atoms with Gasteiger partial charge in [-0.2, -0.15) is 0 Å². The molecule has 2 aliphatic heterocycles. The Labute approximate surface area is 188 Å². The second-order valence-corrected chi connectivity index (χ2v) is 9.26. The van der Waals surface area contributed by atoms with Crippen LogP contribution in [0.2, 0.25) is 0 Å². The average molecular weight is 429 g/mol. The highest BCUT2D eigenvalue weighted by atomic mass is 16.5. The molecule has 1 saturated heterocycles. The van der Waals surface area contributed by atoms with Crippen LogP contribution in [0.1, 0.15) is 40.2 Å². The number of aryl methyl sites for hydroxylation is 1. The van der Waals surface area contributed by atoms with Gasteiger partial charge in [-0.15, -0.1) is 0 Å². The van der Waals surface area contributed by atoms with Crippen LogP contribution in [0.5, 0.6) is 0 Å². The van der Waals surface area contributed by atoms with Gasteiger partial charge in [-0.1, -0.05) is 18.2 Å². The van der Waals surface area contributed by atoms with E-state index < -0.39 is 0 Å². The molecule has 0 unspecified atom stereocenters. The number of nitrogens with zero attached hydrogens (tertiary/aromatic N) is 4. The summed E-state index contributed by atoms with van der Waals surface area (Å²) in [4.78, 5) is 22.4. The van der Waals surface area contributed by atoms with Crippen molar-refractivity contribution in [2.24, 2.45) is 0 Å². The number of rotatable bonds is 3. The molecule has 6 nitrogen and oxygen atoms in total. The Morgan fingerprint density at radius 3 is 2.69 bits per heavy atom. The van der Waals surface area contributed by atoms with Crippen LogP contribution in [0.25, 0.3) is 16.8 Å². The zero-order chi connectivity index (χ0) is 21.9. The summed E-state index contributed by atoms with van der Waals surface area (Å²) < 4.78 is 7.63. The third kappa shape index (κ3) is 3.01. The summed E-state index contributed by atoms with van der Waals surface area (Å²) in [7, 11) is 1.96. The Hall–Kier alpha value is -2.96. The number of fused-ring (bicyclic) bond motifs is 4. The lowest BCUT2D eigenvalue weighted by molar-refractivity contribution is 0.0342. The largest absolute Gasteiger partial charge is 0.379 e. The minimum Gasteiger partial charge on any atom is -0.379 e. The smallest absolute Gasteiger partial charge is 0.271 e. The predicted molar refractivity (Wildman–Crippen MR) is 123 cm³/mol. The molecule has 2 aromatic heterocycles. The summed E-state index contributed by atoms with van der Waals surface area (Å²) in [5.74, 6) is 0.103. The molecule has 6 rings (SSSR count). The van der Waals surface area contributed by atoms with Crippen molar-refractivity contribution in [2.75, 3.05) is 33.4 Å². The van der Waals surface area contributed by atoms with Crippen molar-refractivity contribution in [1.29, 1.82) is 0 Å². The van der Waals surface area contributed by atoms with Gasteiger partial charge in [0.15, 0.2) is 0 Å². The molecule has 1 aliphatic carbocycles. The molecule has 32 heavy (non-hydrogen) atoms. The van der Waals surface area contributed by atoms with Crippen molar-refractivity contribution in [3.8, 4) is 16.8 Å². The number of carbonyl (C=O) groups is 1. The molecule has 3 aliphatic rings. The molecule has 3 aromatic rings. The number of hydrogen-bond donors (Lipinski definition) is 0. The highest BCUT2D eigenvalue weighted by Gasteiger charge is 2.53. The zero-order valence-corrected chi connectivity index (χ0v) is 18.7. The molecule has 0 atom stereocenters. The van der Waals surface area contributed by atoms with E-state index in [0.29, 0.717) is 0 Å². The topological polar surface area (TPSA) is 50.6 Å². The van der Waals surface area contributed by atoms with Crippen LogP contribution in [0.3, 0.4) is 0 Å². The second-order valence-electron chi connectivity index (χ2n) is 9.26. The van der Waals surface area contributed by atoms with E-state index in [1.807, 2.05) is 31.1 Å². The van der Waals surface area contributed by atoms with Gasteiger partial charge in [0.25, 0.3) is 5.91 Å². The highest BCUT2D eigenvalue weighted by Crippen LogP contribution is 2.54. The summed E-state index contributed by atoms with van der Waals surface area (Å²) in [6.07, 6.45) is 6.02. The normalized spacial score (nSPS) is 19.6. The van der Waals surface area contributed by atoms with Gasteiger partial charge in [0.1, 0.15) is 5.69 Å². The molecule has 1 spiro atoms. The summed E-state index contributed by atoms with van der Waals surface area (Å²) in [6, 6.07) is 12.8. The van der Waals surface area contributed by atoms with Crippen molar-refractivity contribution in [2.45, 2.75) is 31.8 Å². The highest BCUT2D eigenvalue weighted by molar-refractivity contribution is 5.96. The number of benzene rings is 1. The third-order valence-electron chi connectivity index (χ3n) is 7.35. The Bertz CT molecular complexity index is 1200. The number of aromatic nitrogens is 2. The lowest BCUT2D eigenvalue weighted by Crippen LogP contribution is -2.36. The molecule has 0 N–H and O–H groups in total. The van der Waals surface area contributed by atoms with Gasteiger partial charge in [0, 0.05) is 55.9 Å². The van der Waals surface area contributed by atoms with Crippen LogP contribution in [-0.2, 0) is 16.8 Å². The van der Waals surface area contributed by atoms with Crippen LogP contribution in [0.4, 0.5) is 0 Å². The van der Waals surface area contributed by atoms with E-state index in [-0.39, 0.29) is 11.4 Å². The fraction of sp³-hybridized carbons (Fsp3) is 0.385. The first-order chi connectivity index (χ1) is 15.6. The molecule has 1 saturated carbocycles. The van der Waals surface area contributed by atoms with Gasteiger partial charge < -0.3 is 14.2 Å². The van der Waals surface area contributed by atoms with Gasteiger partial charge in [-0.05, 0) is 49.1 Å². The van der Waals surface area contributed by atoms with Crippen molar-refractivity contribution in [3.63, 3.8) is 0 Å². The molecule has 6 heteroatoms. The number of amides is 1. The van der Waals surface area contributed by atoms with Crippen molar-refractivity contribution >= 4 is 5.91 Å². The van der Waals surface area contributed by atoms with Gasteiger partial charge in [-0.3, -0.25) is 14.7 Å². The van der Waals surface area contributed by atoms with Crippen molar-refractivity contribution in [3.05, 3.63) is 71.3 Å². The summed E-state index contributed by atoms with van der Waals surface area (Å²) in [6.45, 7) is 6.28. The minimum atomic E-state index is -0.182. The molecule has 1 aromatic carbocycles. The standard InChI is InChI=1S/C26H28N4O2/c1-18-21(4-3-9-27-18)20-5-6-22-23(15-20)30-17-19(16-29-10-12-32-13-11-29)14-24(30)25(31)28(2)26(22)7-8-26/h3-6,9,14-15,17H,7-8,10-13,16H2,1-2H3.